The third-order valence-corrected chi connectivity index (χ3v) is 7.88. The Morgan fingerprint density at radius 1 is 0.500 bits per heavy atom. The van der Waals surface area contributed by atoms with Crippen LogP contribution in [0.5, 0.6) is 23.0 Å². The maximum atomic E-state index is 13.1. The van der Waals surface area contributed by atoms with Crippen LogP contribution >= 0.6 is 0 Å². The van der Waals surface area contributed by atoms with Crippen LogP contribution < -0.4 is 9.47 Å². The lowest BCUT2D eigenvalue weighted by Gasteiger charge is -2.13. The number of benzene rings is 3. The van der Waals surface area contributed by atoms with Gasteiger partial charge in [-0.05, 0) is 61.4 Å². The largest absolute Gasteiger partial charge is 0.457 e. The van der Waals surface area contributed by atoms with Gasteiger partial charge in [-0.15, -0.1) is 0 Å². The van der Waals surface area contributed by atoms with E-state index in [-0.39, 0.29) is 23.6 Å². The molecule has 5 aromatic rings. The summed E-state index contributed by atoms with van der Waals surface area (Å²) < 4.78 is 15.9. The summed E-state index contributed by atoms with van der Waals surface area (Å²) in [6.07, 6.45) is 11.6. The Kier molecular flexibility index (Phi) is 7.59. The van der Waals surface area contributed by atoms with Crippen molar-refractivity contribution in [3.05, 3.63) is 120 Å². The number of carbonyl (C=O) groups is 4. The molecule has 3 aromatic carbocycles. The molecule has 0 aliphatic carbocycles. The van der Waals surface area contributed by atoms with Crippen molar-refractivity contribution >= 4 is 23.6 Å². The molecule has 12 nitrogen and oxygen atoms in total. The number of amides is 4. The van der Waals surface area contributed by atoms with E-state index in [1.165, 1.54) is 9.80 Å². The molecular formula is C34H28N6O6. The minimum absolute atomic E-state index is 0.297. The van der Waals surface area contributed by atoms with E-state index >= 15 is 0 Å². The molecule has 0 atom stereocenters. The number of hydrogen-bond donors (Lipinski definition) is 0. The molecule has 0 radical (unpaired) electrons. The SMILES string of the molecule is O=C1c2ccc(Oc3cccc(Oc4ccc5c(c4)C(=O)N(CCCn4ccnc4)C5=O)c3)cc2C(=O)N1CCCn1ccnc1. The highest BCUT2D eigenvalue weighted by Crippen LogP contribution is 2.33. The lowest BCUT2D eigenvalue weighted by atomic mass is 10.1. The van der Waals surface area contributed by atoms with Crippen molar-refractivity contribution in [3.63, 3.8) is 0 Å². The van der Waals surface area contributed by atoms with Crippen LogP contribution in [0.2, 0.25) is 0 Å². The van der Waals surface area contributed by atoms with Crippen LogP contribution in [0, 0.1) is 0 Å². The minimum Gasteiger partial charge on any atom is -0.457 e. The lowest BCUT2D eigenvalue weighted by molar-refractivity contribution is 0.0635. The number of imidazole rings is 2. The second-order valence-corrected chi connectivity index (χ2v) is 10.9. The second-order valence-electron chi connectivity index (χ2n) is 10.9. The summed E-state index contributed by atoms with van der Waals surface area (Å²) in [6, 6.07) is 16.5. The molecule has 0 fully saturated rings. The van der Waals surface area contributed by atoms with Crippen LogP contribution in [0.25, 0.3) is 0 Å². The summed E-state index contributed by atoms with van der Waals surface area (Å²) in [5, 5.41) is 0. The molecule has 0 unspecified atom stereocenters. The molecule has 230 valence electrons. The molecule has 46 heavy (non-hydrogen) atoms. The Morgan fingerprint density at radius 3 is 1.37 bits per heavy atom. The molecule has 0 spiro atoms. The first-order valence-corrected chi connectivity index (χ1v) is 14.8. The molecule has 4 heterocycles. The number of imide groups is 2. The summed E-state index contributed by atoms with van der Waals surface area (Å²) in [7, 11) is 0. The number of fused-ring (bicyclic) bond motifs is 2. The van der Waals surface area contributed by atoms with Gasteiger partial charge in [0.05, 0.1) is 34.9 Å². The van der Waals surface area contributed by atoms with Gasteiger partial charge in [0.15, 0.2) is 0 Å². The van der Waals surface area contributed by atoms with Gasteiger partial charge in [-0.1, -0.05) is 6.07 Å². The summed E-state index contributed by atoms with van der Waals surface area (Å²) >= 11 is 0. The predicted molar refractivity (Wildman–Crippen MR) is 164 cm³/mol. The van der Waals surface area contributed by atoms with Crippen molar-refractivity contribution in [2.75, 3.05) is 13.1 Å². The first-order valence-electron chi connectivity index (χ1n) is 14.8. The van der Waals surface area contributed by atoms with Gasteiger partial charge in [0.1, 0.15) is 23.0 Å². The van der Waals surface area contributed by atoms with Gasteiger partial charge in [-0.2, -0.15) is 0 Å². The van der Waals surface area contributed by atoms with Gasteiger partial charge in [0, 0.05) is 57.0 Å². The average molecular weight is 617 g/mol. The quantitative estimate of drug-likeness (QED) is 0.178. The van der Waals surface area contributed by atoms with Gasteiger partial charge >= 0.3 is 0 Å². The Bertz CT molecular complexity index is 1820. The van der Waals surface area contributed by atoms with Gasteiger partial charge in [0.25, 0.3) is 23.6 Å². The fraction of sp³-hybridized carbons (Fsp3) is 0.176. The monoisotopic (exact) mass is 616 g/mol. The van der Waals surface area contributed by atoms with Crippen LogP contribution in [-0.4, -0.2) is 65.6 Å². The van der Waals surface area contributed by atoms with Crippen LogP contribution in [-0.2, 0) is 13.1 Å². The van der Waals surface area contributed by atoms with Crippen molar-refractivity contribution in [1.82, 2.24) is 28.9 Å². The molecule has 0 saturated carbocycles. The normalized spacial score (nSPS) is 13.8. The number of carbonyl (C=O) groups excluding carboxylic acids is 4. The third-order valence-electron chi connectivity index (χ3n) is 7.88. The highest BCUT2D eigenvalue weighted by atomic mass is 16.5. The zero-order valence-electron chi connectivity index (χ0n) is 24.6. The van der Waals surface area contributed by atoms with Crippen molar-refractivity contribution < 1.29 is 28.7 Å². The lowest BCUT2D eigenvalue weighted by Crippen LogP contribution is -2.31. The Hall–Kier alpha value is -6.04. The highest BCUT2D eigenvalue weighted by Gasteiger charge is 2.36. The molecule has 0 saturated heterocycles. The number of hydrogen-bond acceptors (Lipinski definition) is 8. The smallest absolute Gasteiger partial charge is 0.261 e. The van der Waals surface area contributed by atoms with Crippen LogP contribution in [0.3, 0.4) is 0 Å². The molecule has 2 aliphatic heterocycles. The summed E-state index contributed by atoms with van der Waals surface area (Å²) in [5.74, 6) is 0.341. The van der Waals surface area contributed by atoms with Crippen molar-refractivity contribution in [2.45, 2.75) is 25.9 Å². The number of aromatic nitrogens is 4. The Morgan fingerprint density at radius 2 is 0.935 bits per heavy atom. The zero-order valence-corrected chi connectivity index (χ0v) is 24.6. The Labute approximate surface area is 263 Å². The maximum absolute atomic E-state index is 13.1. The molecular weight excluding hydrogens is 588 g/mol. The minimum atomic E-state index is -0.352. The maximum Gasteiger partial charge on any atom is 0.261 e. The van der Waals surface area contributed by atoms with E-state index in [2.05, 4.69) is 9.97 Å². The van der Waals surface area contributed by atoms with Gasteiger partial charge in [-0.3, -0.25) is 29.0 Å². The van der Waals surface area contributed by atoms with E-state index in [1.807, 2.05) is 21.5 Å². The number of nitrogens with zero attached hydrogens (tertiary/aromatic N) is 6. The summed E-state index contributed by atoms with van der Waals surface area (Å²) in [6.45, 7) is 1.89. The molecule has 2 aliphatic rings. The van der Waals surface area contributed by atoms with Crippen molar-refractivity contribution in [1.29, 1.82) is 0 Å². The van der Waals surface area contributed by atoms with E-state index in [1.54, 1.807) is 85.7 Å². The summed E-state index contributed by atoms with van der Waals surface area (Å²) in [4.78, 5) is 62.4. The van der Waals surface area contributed by atoms with Gasteiger partial charge < -0.3 is 18.6 Å². The van der Waals surface area contributed by atoms with E-state index in [0.717, 1.165) is 0 Å². The topological polar surface area (TPSA) is 129 Å². The van der Waals surface area contributed by atoms with Crippen molar-refractivity contribution in [3.8, 4) is 23.0 Å². The molecule has 7 rings (SSSR count). The van der Waals surface area contributed by atoms with Crippen LogP contribution in [0.15, 0.2) is 98.1 Å². The highest BCUT2D eigenvalue weighted by molar-refractivity contribution is 6.22. The first-order chi connectivity index (χ1) is 22.4. The van der Waals surface area contributed by atoms with Crippen molar-refractivity contribution in [2.24, 2.45) is 0 Å². The predicted octanol–water partition coefficient (Wildman–Crippen LogP) is 5.04. The molecule has 2 aromatic heterocycles. The van der Waals surface area contributed by atoms with Gasteiger partial charge in [-0.25, -0.2) is 9.97 Å². The van der Waals surface area contributed by atoms with E-state index < -0.39 is 0 Å². The fourth-order valence-electron chi connectivity index (χ4n) is 5.61. The Balaban J connectivity index is 0.989. The average Bonchev–Trinajstić information content (AvgIpc) is 3.86. The van der Waals surface area contributed by atoms with E-state index in [9.17, 15) is 19.2 Å². The van der Waals surface area contributed by atoms with E-state index in [4.69, 9.17) is 9.47 Å². The zero-order chi connectivity index (χ0) is 31.6. The summed E-state index contributed by atoms with van der Waals surface area (Å²) in [5.41, 5.74) is 1.29. The number of aryl methyl sites for hydroxylation is 2. The number of ether oxygens (including phenoxy) is 2. The van der Waals surface area contributed by atoms with Crippen LogP contribution in [0.4, 0.5) is 0 Å². The van der Waals surface area contributed by atoms with Gasteiger partial charge in [0.2, 0.25) is 0 Å². The van der Waals surface area contributed by atoms with Crippen LogP contribution in [0.1, 0.15) is 54.3 Å². The molecule has 12 heteroatoms. The van der Waals surface area contributed by atoms with E-state index in [0.29, 0.717) is 84.3 Å². The molecule has 0 N–H and O–H groups in total. The molecule has 4 amide bonds. The third kappa shape index (κ3) is 5.63. The first kappa shape index (κ1) is 28.7. The number of rotatable bonds is 12. The second kappa shape index (κ2) is 12.2. The fourth-order valence-corrected chi connectivity index (χ4v) is 5.61. The molecule has 0 bridgehead atoms. The standard InChI is InChI=1S/C34H28N6O6/c41-31-27-8-6-25(19-29(27)33(43)39(31)14-2-12-37-16-10-35-21-37)45-23-4-1-5-24(18-23)46-26-7-9-28-30(20-26)34(44)40(32(28)42)15-3-13-38-17-11-36-22-38/h1,4-11,16-22H,2-3,12-15H2.